The number of benzene rings is 1. The number of nitrogens with zero attached hydrogens (tertiary/aromatic N) is 1. The second-order valence-electron chi connectivity index (χ2n) is 7.32. The maximum absolute atomic E-state index is 9.20. The Labute approximate surface area is 146 Å². The summed E-state index contributed by atoms with van der Waals surface area (Å²) in [5, 5.41) is 12.9. The van der Waals surface area contributed by atoms with Gasteiger partial charge in [0.15, 0.2) is 0 Å². The van der Waals surface area contributed by atoms with E-state index in [1.54, 1.807) is 0 Å². The lowest BCUT2D eigenvalue weighted by molar-refractivity contribution is 0.175. The fourth-order valence-electron chi connectivity index (χ4n) is 3.81. The highest BCUT2D eigenvalue weighted by atomic mass is 16.5. The molecule has 1 saturated heterocycles. The van der Waals surface area contributed by atoms with E-state index in [-0.39, 0.29) is 0 Å². The highest BCUT2D eigenvalue weighted by Gasteiger charge is 2.19. The smallest absolute Gasteiger partial charge is 0.119 e. The molecule has 0 bridgehead atoms. The van der Waals surface area contributed by atoms with Gasteiger partial charge in [0.05, 0.1) is 0 Å². The average molecular weight is 332 g/mol. The van der Waals surface area contributed by atoms with E-state index in [4.69, 9.17) is 4.74 Å². The molecule has 0 aromatic heterocycles. The minimum absolute atomic E-state index is 0.353. The number of aliphatic hydroxyl groups excluding tert-OH is 1. The number of rotatable bonds is 8. The lowest BCUT2D eigenvalue weighted by Gasteiger charge is -2.28. The molecule has 4 heteroatoms. The van der Waals surface area contributed by atoms with Crippen LogP contribution >= 0.6 is 0 Å². The van der Waals surface area contributed by atoms with Crippen LogP contribution in [0.3, 0.4) is 0 Å². The van der Waals surface area contributed by atoms with Crippen LogP contribution in [0, 0.1) is 5.92 Å². The fraction of sp³-hybridized carbons (Fsp3) is 0.700. The van der Waals surface area contributed by atoms with Gasteiger partial charge in [0, 0.05) is 25.7 Å². The minimum atomic E-state index is 0.353. The first-order valence-corrected chi connectivity index (χ1v) is 9.62. The monoisotopic (exact) mass is 332 g/mol. The second kappa shape index (κ2) is 9.40. The van der Waals surface area contributed by atoms with Crippen LogP contribution in [0.5, 0.6) is 5.75 Å². The van der Waals surface area contributed by atoms with Gasteiger partial charge in [-0.2, -0.15) is 0 Å². The molecule has 0 spiro atoms. The van der Waals surface area contributed by atoms with E-state index in [1.165, 1.54) is 44.3 Å². The third-order valence-electron chi connectivity index (χ3n) is 5.50. The average Bonchev–Trinajstić information content (AvgIpc) is 3.15. The Kier molecular flexibility index (Phi) is 6.94. The Morgan fingerprint density at radius 1 is 1.04 bits per heavy atom. The van der Waals surface area contributed by atoms with E-state index in [1.807, 2.05) is 0 Å². The molecule has 2 N–H and O–H groups in total. The Morgan fingerprint density at radius 2 is 1.75 bits per heavy atom. The zero-order chi connectivity index (χ0) is 16.6. The molecular formula is C20H32N2O2. The largest absolute Gasteiger partial charge is 0.492 e. The molecule has 0 amide bonds. The van der Waals surface area contributed by atoms with Crippen LogP contribution in [0.25, 0.3) is 0 Å². The molecule has 1 aromatic rings. The standard InChI is InChI=1S/C20H32N2O2/c23-16-18-3-7-19(8-4-18)21-15-17-5-9-20(10-6-17)24-14-13-22-11-1-2-12-22/h5-6,9-10,18-19,21,23H,1-4,7-8,11-16H2. The van der Waals surface area contributed by atoms with Crippen molar-refractivity contribution in [2.24, 2.45) is 5.92 Å². The summed E-state index contributed by atoms with van der Waals surface area (Å²) in [7, 11) is 0. The number of ether oxygens (including phenoxy) is 1. The molecule has 0 radical (unpaired) electrons. The molecule has 1 aromatic carbocycles. The quantitative estimate of drug-likeness (QED) is 0.768. The number of likely N-dealkylation sites (tertiary alicyclic amines) is 1. The maximum atomic E-state index is 9.20. The first-order valence-electron chi connectivity index (χ1n) is 9.62. The van der Waals surface area contributed by atoms with Crippen LogP contribution < -0.4 is 10.1 Å². The van der Waals surface area contributed by atoms with Gasteiger partial charge in [-0.25, -0.2) is 0 Å². The van der Waals surface area contributed by atoms with E-state index < -0.39 is 0 Å². The third-order valence-corrected chi connectivity index (χ3v) is 5.50. The molecule has 1 saturated carbocycles. The van der Waals surface area contributed by atoms with Crippen molar-refractivity contribution >= 4 is 0 Å². The highest BCUT2D eigenvalue weighted by molar-refractivity contribution is 5.27. The lowest BCUT2D eigenvalue weighted by atomic mass is 9.86. The van der Waals surface area contributed by atoms with Crippen molar-refractivity contribution in [3.63, 3.8) is 0 Å². The number of aliphatic hydroxyl groups is 1. The number of nitrogens with one attached hydrogen (secondary N) is 1. The molecule has 0 unspecified atom stereocenters. The van der Waals surface area contributed by atoms with Crippen molar-refractivity contribution in [3.05, 3.63) is 29.8 Å². The Hall–Kier alpha value is -1.10. The van der Waals surface area contributed by atoms with Crippen LogP contribution in [-0.2, 0) is 6.54 Å². The molecule has 1 aliphatic carbocycles. The molecule has 2 aliphatic rings. The van der Waals surface area contributed by atoms with Crippen molar-refractivity contribution in [2.75, 3.05) is 32.8 Å². The topological polar surface area (TPSA) is 44.7 Å². The van der Waals surface area contributed by atoms with Gasteiger partial charge in [-0.05, 0) is 75.2 Å². The van der Waals surface area contributed by atoms with Gasteiger partial charge in [-0.3, -0.25) is 4.90 Å². The second-order valence-corrected chi connectivity index (χ2v) is 7.32. The van der Waals surface area contributed by atoms with Gasteiger partial charge in [0.2, 0.25) is 0 Å². The Morgan fingerprint density at radius 3 is 2.42 bits per heavy atom. The zero-order valence-corrected chi connectivity index (χ0v) is 14.8. The summed E-state index contributed by atoms with van der Waals surface area (Å²) in [5.41, 5.74) is 1.31. The van der Waals surface area contributed by atoms with Crippen LogP contribution in [0.1, 0.15) is 44.1 Å². The number of hydrogen-bond donors (Lipinski definition) is 2. The van der Waals surface area contributed by atoms with Crippen LogP contribution in [0.4, 0.5) is 0 Å². The Bertz CT molecular complexity index is 463. The van der Waals surface area contributed by atoms with Crippen molar-refractivity contribution < 1.29 is 9.84 Å². The first-order chi connectivity index (χ1) is 11.8. The molecule has 24 heavy (non-hydrogen) atoms. The molecule has 4 nitrogen and oxygen atoms in total. The molecule has 1 aliphatic heterocycles. The van der Waals surface area contributed by atoms with Gasteiger partial charge in [-0.1, -0.05) is 12.1 Å². The van der Waals surface area contributed by atoms with Gasteiger partial charge in [0.25, 0.3) is 0 Å². The van der Waals surface area contributed by atoms with Crippen molar-refractivity contribution in [3.8, 4) is 5.75 Å². The third kappa shape index (κ3) is 5.47. The summed E-state index contributed by atoms with van der Waals surface area (Å²) in [6.45, 7) is 5.56. The van der Waals surface area contributed by atoms with E-state index in [0.717, 1.165) is 38.3 Å². The summed E-state index contributed by atoms with van der Waals surface area (Å²) in [6, 6.07) is 9.10. The molecule has 1 heterocycles. The van der Waals surface area contributed by atoms with Crippen molar-refractivity contribution in [1.82, 2.24) is 10.2 Å². The molecule has 3 rings (SSSR count). The summed E-state index contributed by atoms with van der Waals surface area (Å²) in [6.07, 6.45) is 7.34. The minimum Gasteiger partial charge on any atom is -0.492 e. The van der Waals surface area contributed by atoms with E-state index in [2.05, 4.69) is 34.5 Å². The highest BCUT2D eigenvalue weighted by Crippen LogP contribution is 2.24. The molecule has 0 atom stereocenters. The van der Waals surface area contributed by atoms with Crippen LogP contribution in [0.2, 0.25) is 0 Å². The van der Waals surface area contributed by atoms with E-state index >= 15 is 0 Å². The summed E-state index contributed by atoms with van der Waals surface area (Å²) >= 11 is 0. The van der Waals surface area contributed by atoms with Crippen molar-refractivity contribution in [2.45, 2.75) is 51.1 Å². The van der Waals surface area contributed by atoms with E-state index in [0.29, 0.717) is 18.6 Å². The van der Waals surface area contributed by atoms with Crippen molar-refractivity contribution in [1.29, 1.82) is 0 Å². The van der Waals surface area contributed by atoms with Gasteiger partial charge in [0.1, 0.15) is 12.4 Å². The van der Waals surface area contributed by atoms with E-state index in [9.17, 15) is 5.11 Å². The van der Waals surface area contributed by atoms with Crippen LogP contribution in [0.15, 0.2) is 24.3 Å². The summed E-state index contributed by atoms with van der Waals surface area (Å²) in [5.74, 6) is 1.50. The summed E-state index contributed by atoms with van der Waals surface area (Å²) in [4.78, 5) is 2.48. The first kappa shape index (κ1) is 17.7. The van der Waals surface area contributed by atoms with Gasteiger partial charge < -0.3 is 15.2 Å². The molecule has 2 fully saturated rings. The van der Waals surface area contributed by atoms with Gasteiger partial charge >= 0.3 is 0 Å². The molecular weight excluding hydrogens is 300 g/mol. The van der Waals surface area contributed by atoms with Gasteiger partial charge in [-0.15, -0.1) is 0 Å². The predicted molar refractivity (Wildman–Crippen MR) is 97.3 cm³/mol. The maximum Gasteiger partial charge on any atom is 0.119 e. The normalized spacial score (nSPS) is 25.0. The molecule has 134 valence electrons. The number of hydrogen-bond acceptors (Lipinski definition) is 4. The lowest BCUT2D eigenvalue weighted by Crippen LogP contribution is -2.33. The Balaban J connectivity index is 1.33. The summed E-state index contributed by atoms with van der Waals surface area (Å²) < 4.78 is 5.86. The predicted octanol–water partition coefficient (Wildman–Crippen LogP) is 2.80. The zero-order valence-electron chi connectivity index (χ0n) is 14.8. The fourth-order valence-corrected chi connectivity index (χ4v) is 3.81. The van der Waals surface area contributed by atoms with Crippen LogP contribution in [-0.4, -0.2) is 48.9 Å². The SMILES string of the molecule is OCC1CCC(NCc2ccc(OCCN3CCCC3)cc2)CC1.